The van der Waals surface area contributed by atoms with E-state index in [-0.39, 0.29) is 0 Å². The van der Waals surface area contributed by atoms with E-state index in [0.29, 0.717) is 0 Å². The zero-order valence-corrected chi connectivity index (χ0v) is 36.4. The molecule has 0 saturated carbocycles. The summed E-state index contributed by atoms with van der Waals surface area (Å²) in [7, 11) is 0. The van der Waals surface area contributed by atoms with E-state index in [2.05, 4.69) is 229 Å². The first kappa shape index (κ1) is 37.6. The number of hydrogen-bond acceptors (Lipinski definition) is 3. The number of hydrogen-bond donors (Lipinski definition) is 0. The first-order chi connectivity index (χ1) is 32.2. The van der Waals surface area contributed by atoms with Crippen LogP contribution < -0.4 is 4.90 Å². The van der Waals surface area contributed by atoms with Gasteiger partial charge in [-0.15, -0.1) is 11.3 Å². The molecule has 2 aromatic heterocycles. The summed E-state index contributed by atoms with van der Waals surface area (Å²) in [5.74, 6) is 0. The minimum Gasteiger partial charge on any atom is -0.455 e. The van der Waals surface area contributed by atoms with E-state index in [1.165, 1.54) is 75.1 Å². The zero-order chi connectivity index (χ0) is 42.8. The van der Waals surface area contributed by atoms with Gasteiger partial charge in [-0.2, -0.15) is 0 Å². The first-order valence-electron chi connectivity index (χ1n) is 22.5. The fraction of sp³-hybridized carbons (Fsp3) is 0.0323. The van der Waals surface area contributed by atoms with Crippen molar-refractivity contribution in [2.45, 2.75) is 12.8 Å². The summed E-state index contributed by atoms with van der Waals surface area (Å²) in [6, 6.07) is 75.5. The van der Waals surface area contributed by atoms with E-state index in [4.69, 9.17) is 4.42 Å². The van der Waals surface area contributed by atoms with E-state index in [9.17, 15) is 0 Å². The van der Waals surface area contributed by atoms with Gasteiger partial charge in [-0.05, 0) is 140 Å². The van der Waals surface area contributed by atoms with Crippen LogP contribution in [-0.2, 0) is 0 Å². The second-order valence-corrected chi connectivity index (χ2v) is 18.2. The Hall–Kier alpha value is -7.98. The van der Waals surface area contributed by atoms with Crippen molar-refractivity contribution >= 4 is 97.6 Å². The minimum absolute atomic E-state index is 0.878. The summed E-state index contributed by atoms with van der Waals surface area (Å²) in [6.45, 7) is 0. The maximum atomic E-state index is 7.06. The molecule has 3 heteroatoms. The molecule has 0 atom stereocenters. The smallest absolute Gasteiger partial charge is 0.145 e. The monoisotopic (exact) mass is 847 g/mol. The average Bonchev–Trinajstić information content (AvgIpc) is 3.95. The maximum Gasteiger partial charge on any atom is 0.145 e. The second kappa shape index (κ2) is 15.4. The Bertz CT molecular complexity index is 3870. The highest BCUT2D eigenvalue weighted by atomic mass is 32.1. The van der Waals surface area contributed by atoms with Gasteiger partial charge < -0.3 is 9.32 Å². The van der Waals surface area contributed by atoms with Gasteiger partial charge in [-0.3, -0.25) is 0 Å². The van der Waals surface area contributed by atoms with Crippen LogP contribution in [0.25, 0.3) is 103 Å². The highest BCUT2D eigenvalue weighted by molar-refractivity contribution is 7.25. The van der Waals surface area contributed by atoms with E-state index >= 15 is 0 Å². The van der Waals surface area contributed by atoms with Crippen LogP contribution in [0.4, 0.5) is 17.1 Å². The topological polar surface area (TPSA) is 16.4 Å². The lowest BCUT2D eigenvalue weighted by atomic mass is 9.95. The molecule has 0 fully saturated rings. The quantitative estimate of drug-likeness (QED) is 0.149. The van der Waals surface area contributed by atoms with Gasteiger partial charge in [0.2, 0.25) is 0 Å². The number of fused-ring (bicyclic) bond motifs is 9. The van der Waals surface area contributed by atoms with Gasteiger partial charge in [-0.1, -0.05) is 158 Å². The van der Waals surface area contributed by atoms with Crippen molar-refractivity contribution in [1.82, 2.24) is 0 Å². The molecule has 0 aliphatic heterocycles. The van der Waals surface area contributed by atoms with Crippen molar-refractivity contribution < 1.29 is 4.42 Å². The summed E-state index contributed by atoms with van der Waals surface area (Å²) in [5, 5.41) is 9.78. The van der Waals surface area contributed by atoms with Crippen LogP contribution in [0.15, 0.2) is 229 Å². The lowest BCUT2D eigenvalue weighted by Crippen LogP contribution is -2.10. The second-order valence-electron chi connectivity index (χ2n) is 17.1. The van der Waals surface area contributed by atoms with E-state index < -0.39 is 0 Å². The predicted molar refractivity (Wildman–Crippen MR) is 279 cm³/mol. The van der Waals surface area contributed by atoms with Gasteiger partial charge in [0, 0.05) is 42.5 Å². The molecule has 10 aromatic carbocycles. The Morgan fingerprint density at radius 1 is 0.415 bits per heavy atom. The summed E-state index contributed by atoms with van der Waals surface area (Å²) >= 11 is 1.86. The van der Waals surface area contributed by atoms with Crippen molar-refractivity contribution in [3.05, 3.63) is 230 Å². The Labute approximate surface area is 381 Å². The zero-order valence-electron chi connectivity index (χ0n) is 35.5. The summed E-state index contributed by atoms with van der Waals surface area (Å²) < 4.78 is 9.62. The van der Waals surface area contributed by atoms with Gasteiger partial charge in [-0.25, -0.2) is 0 Å². The lowest BCUT2D eigenvalue weighted by Gasteiger charge is -2.27. The van der Waals surface area contributed by atoms with Crippen LogP contribution in [-0.4, -0.2) is 0 Å². The van der Waals surface area contributed by atoms with E-state index in [0.717, 1.165) is 63.0 Å². The van der Waals surface area contributed by atoms with Gasteiger partial charge >= 0.3 is 0 Å². The number of nitrogens with zero attached hydrogens (tertiary/aromatic N) is 1. The molecule has 0 amide bonds. The Morgan fingerprint density at radius 3 is 1.85 bits per heavy atom. The Balaban J connectivity index is 1.01. The Kier molecular flexibility index (Phi) is 8.89. The molecule has 0 radical (unpaired) electrons. The van der Waals surface area contributed by atoms with Crippen LogP contribution in [0.3, 0.4) is 0 Å². The van der Waals surface area contributed by atoms with E-state index in [1.54, 1.807) is 0 Å². The third-order valence-electron chi connectivity index (χ3n) is 13.3. The van der Waals surface area contributed by atoms with Crippen molar-refractivity contribution in [2.24, 2.45) is 0 Å². The largest absolute Gasteiger partial charge is 0.455 e. The fourth-order valence-electron chi connectivity index (χ4n) is 10.0. The molecule has 13 rings (SSSR count). The van der Waals surface area contributed by atoms with E-state index in [1.807, 2.05) is 11.3 Å². The molecule has 65 heavy (non-hydrogen) atoms. The molecule has 2 heterocycles. The normalized spacial score (nSPS) is 12.8. The Morgan fingerprint density at radius 2 is 1.06 bits per heavy atom. The number of thiophene rings is 1. The standard InChI is InChI=1S/C62H41NOS/c1-4-12-40(13-5-1)46-26-32-55-58(37-46)64-62-53(43-16-8-3-9-17-43)33-34-57(61(55)62)63(50-29-35-59-56(39-50)54-31-25-47(38-60(54)65-59)41-14-6-2-7-15-41)49-27-22-42(23-28-49)45-24-30-52-48(36-45)21-20-44-18-10-11-19-51(44)52/h1-2,4-8,10-39H,3,9H2. The maximum absolute atomic E-state index is 7.06. The summed E-state index contributed by atoms with van der Waals surface area (Å²) in [6.07, 6.45) is 8.95. The molecule has 2 nitrogen and oxygen atoms in total. The predicted octanol–water partition coefficient (Wildman–Crippen LogP) is 18.5. The molecular weight excluding hydrogens is 807 g/mol. The molecule has 0 saturated heterocycles. The van der Waals surface area contributed by atoms with Crippen LogP contribution in [0.1, 0.15) is 18.4 Å². The molecule has 1 aliphatic carbocycles. The van der Waals surface area contributed by atoms with Gasteiger partial charge in [0.15, 0.2) is 0 Å². The van der Waals surface area contributed by atoms with Gasteiger partial charge in [0.05, 0.1) is 11.1 Å². The molecule has 0 bridgehead atoms. The highest BCUT2D eigenvalue weighted by Crippen LogP contribution is 2.48. The fourth-order valence-corrected chi connectivity index (χ4v) is 11.2. The van der Waals surface area contributed by atoms with Crippen LogP contribution >= 0.6 is 11.3 Å². The molecular formula is C62H41NOS. The molecule has 306 valence electrons. The number of furan rings is 1. The number of rotatable bonds is 7. The van der Waals surface area contributed by atoms with Crippen molar-refractivity contribution in [3.8, 4) is 33.4 Å². The SMILES string of the molecule is C1=CC(c2ccc(N(c3ccc(-c4ccc5c(ccc6ccccc65)c4)cc3)c3ccc4sc5cc(-c6ccccc6)ccc5c4c3)c3c2oc2cc(-c4ccccc4)ccc23)=CCC1. The molecule has 0 spiro atoms. The number of benzene rings is 10. The van der Waals surface area contributed by atoms with Crippen molar-refractivity contribution in [3.63, 3.8) is 0 Å². The molecule has 1 aliphatic rings. The lowest BCUT2D eigenvalue weighted by molar-refractivity contribution is 0.668. The molecule has 12 aromatic rings. The van der Waals surface area contributed by atoms with Crippen LogP contribution in [0, 0.1) is 0 Å². The van der Waals surface area contributed by atoms with Crippen molar-refractivity contribution in [2.75, 3.05) is 4.90 Å². The van der Waals surface area contributed by atoms with Crippen LogP contribution in [0.2, 0.25) is 0 Å². The third kappa shape index (κ3) is 6.46. The van der Waals surface area contributed by atoms with Gasteiger partial charge in [0.1, 0.15) is 11.2 Å². The van der Waals surface area contributed by atoms with Crippen LogP contribution in [0.5, 0.6) is 0 Å². The number of anilines is 3. The third-order valence-corrected chi connectivity index (χ3v) is 14.4. The molecule has 0 N–H and O–H groups in total. The summed E-state index contributed by atoms with van der Waals surface area (Å²) in [5.41, 5.74) is 14.5. The minimum atomic E-state index is 0.878. The summed E-state index contributed by atoms with van der Waals surface area (Å²) in [4.78, 5) is 2.44. The number of allylic oxidation sites excluding steroid dienone is 4. The first-order valence-corrected chi connectivity index (χ1v) is 23.3. The molecule has 0 unspecified atom stereocenters. The van der Waals surface area contributed by atoms with Crippen molar-refractivity contribution in [1.29, 1.82) is 0 Å². The average molecular weight is 848 g/mol. The van der Waals surface area contributed by atoms with Gasteiger partial charge in [0.25, 0.3) is 0 Å². The highest BCUT2D eigenvalue weighted by Gasteiger charge is 2.24.